The first-order valence-corrected chi connectivity index (χ1v) is 12.4. The Balaban J connectivity index is 1.82. The van der Waals surface area contributed by atoms with Crippen LogP contribution in [0.1, 0.15) is 34.1 Å². The fraction of sp³-hybridized carbons (Fsp3) is 0.130. The lowest BCUT2D eigenvalue weighted by atomic mass is 10.1. The van der Waals surface area contributed by atoms with Gasteiger partial charge in [0.1, 0.15) is 0 Å². The molecule has 2 amide bonds. The van der Waals surface area contributed by atoms with Gasteiger partial charge in [0.25, 0.3) is 5.91 Å². The lowest BCUT2D eigenvalue weighted by molar-refractivity contribution is -0.115. The summed E-state index contributed by atoms with van der Waals surface area (Å²) in [5.74, 6) is -2.50. The summed E-state index contributed by atoms with van der Waals surface area (Å²) in [6.07, 6.45) is 3.72. The summed E-state index contributed by atoms with van der Waals surface area (Å²) in [4.78, 5) is 42.1. The minimum absolute atomic E-state index is 0.179. The number of carbonyl (C=O) groups excluding carboxylic acids is 2. The zero-order valence-electron chi connectivity index (χ0n) is 17.9. The molecule has 0 saturated heterocycles. The van der Waals surface area contributed by atoms with Crippen molar-refractivity contribution in [2.24, 2.45) is 0 Å². The predicted molar refractivity (Wildman–Crippen MR) is 141 cm³/mol. The number of carboxylic acid groups (broad SMARTS) is 1. The van der Waals surface area contributed by atoms with E-state index in [1.165, 1.54) is 11.8 Å². The van der Waals surface area contributed by atoms with E-state index in [-0.39, 0.29) is 21.0 Å². The van der Waals surface area contributed by atoms with E-state index in [2.05, 4.69) is 15.6 Å². The van der Waals surface area contributed by atoms with Crippen LogP contribution >= 0.6 is 58.2 Å². The maximum atomic E-state index is 13.0. The van der Waals surface area contributed by atoms with Crippen molar-refractivity contribution in [2.45, 2.75) is 23.5 Å². The quantitative estimate of drug-likeness (QED) is 0.150. The molecular formula is C23H17Cl4N3O4S. The highest BCUT2D eigenvalue weighted by Gasteiger charge is 2.29. The molecule has 0 spiro atoms. The topological polar surface area (TPSA) is 108 Å². The SMILES string of the molecule is CCC(Sc1cccc(NC(=O)c2c(Cl)c(Cl)c(Cl)c(Cl)c2C(=O)O)c1)C(=O)Nc1ccncc1. The summed E-state index contributed by atoms with van der Waals surface area (Å²) < 4.78 is 0. The van der Waals surface area contributed by atoms with Gasteiger partial charge in [0.05, 0.1) is 36.5 Å². The van der Waals surface area contributed by atoms with Gasteiger partial charge in [-0.25, -0.2) is 4.79 Å². The molecule has 0 aliphatic carbocycles. The molecule has 2 aromatic carbocycles. The molecule has 0 radical (unpaired) electrons. The second kappa shape index (κ2) is 12.0. The molecular weight excluding hydrogens is 556 g/mol. The minimum atomic E-state index is -1.49. The molecule has 12 heteroatoms. The number of aromatic carboxylic acids is 1. The van der Waals surface area contributed by atoms with E-state index in [1.807, 2.05) is 6.92 Å². The maximum absolute atomic E-state index is 13.0. The van der Waals surface area contributed by atoms with Crippen LogP contribution in [0.25, 0.3) is 0 Å². The van der Waals surface area contributed by atoms with Crippen LogP contribution in [0.5, 0.6) is 0 Å². The van der Waals surface area contributed by atoms with E-state index in [0.29, 0.717) is 22.7 Å². The molecule has 0 aliphatic heterocycles. The number of amides is 2. The highest BCUT2D eigenvalue weighted by atomic mass is 35.5. The van der Waals surface area contributed by atoms with Crippen LogP contribution in [0.15, 0.2) is 53.7 Å². The fourth-order valence-corrected chi connectivity index (χ4v) is 5.06. The van der Waals surface area contributed by atoms with Crippen molar-refractivity contribution >= 4 is 87.3 Å². The molecule has 3 N–H and O–H groups in total. The molecule has 1 atom stereocenters. The average molecular weight is 573 g/mol. The van der Waals surface area contributed by atoms with Gasteiger partial charge in [0.2, 0.25) is 5.91 Å². The van der Waals surface area contributed by atoms with E-state index in [0.717, 1.165) is 0 Å². The van der Waals surface area contributed by atoms with E-state index < -0.39 is 33.3 Å². The van der Waals surface area contributed by atoms with E-state index in [1.54, 1.807) is 48.8 Å². The van der Waals surface area contributed by atoms with Crippen molar-refractivity contribution in [1.29, 1.82) is 0 Å². The average Bonchev–Trinajstić information content (AvgIpc) is 2.83. The Hall–Kier alpha value is -2.49. The van der Waals surface area contributed by atoms with Crippen molar-refractivity contribution in [3.05, 3.63) is 80.0 Å². The molecule has 3 aromatic rings. The maximum Gasteiger partial charge on any atom is 0.338 e. The predicted octanol–water partition coefficient (Wildman–Crippen LogP) is 7.16. The van der Waals surface area contributed by atoms with Crippen LogP contribution in [-0.2, 0) is 4.79 Å². The molecule has 1 aromatic heterocycles. The largest absolute Gasteiger partial charge is 0.478 e. The van der Waals surface area contributed by atoms with E-state index >= 15 is 0 Å². The van der Waals surface area contributed by atoms with Crippen LogP contribution < -0.4 is 10.6 Å². The first-order chi connectivity index (χ1) is 16.6. The van der Waals surface area contributed by atoms with Crippen LogP contribution in [-0.4, -0.2) is 33.1 Å². The van der Waals surface area contributed by atoms with Gasteiger partial charge in [-0.15, -0.1) is 11.8 Å². The smallest absolute Gasteiger partial charge is 0.338 e. The number of pyridine rings is 1. The van der Waals surface area contributed by atoms with Crippen molar-refractivity contribution in [3.63, 3.8) is 0 Å². The van der Waals surface area contributed by atoms with Gasteiger partial charge in [0.15, 0.2) is 0 Å². The first-order valence-electron chi connectivity index (χ1n) is 10.0. The number of carboxylic acids is 1. The molecule has 0 saturated carbocycles. The third-order valence-electron chi connectivity index (χ3n) is 4.69. The summed E-state index contributed by atoms with van der Waals surface area (Å²) in [6, 6.07) is 10.1. The summed E-state index contributed by atoms with van der Waals surface area (Å²) in [6.45, 7) is 1.89. The second-order valence-corrected chi connectivity index (χ2v) is 9.82. The number of thioether (sulfide) groups is 1. The van der Waals surface area contributed by atoms with Gasteiger partial charge in [0, 0.05) is 28.7 Å². The Morgan fingerprint density at radius 2 is 1.54 bits per heavy atom. The first kappa shape index (κ1) is 27.1. The number of hydrogen-bond acceptors (Lipinski definition) is 5. The molecule has 1 heterocycles. The number of carbonyl (C=O) groups is 3. The minimum Gasteiger partial charge on any atom is -0.478 e. The number of halogens is 4. The lowest BCUT2D eigenvalue weighted by Gasteiger charge is -2.16. The van der Waals surface area contributed by atoms with Gasteiger partial charge < -0.3 is 15.7 Å². The molecule has 0 fully saturated rings. The van der Waals surface area contributed by atoms with Crippen LogP contribution in [0.2, 0.25) is 20.1 Å². The number of hydrogen-bond donors (Lipinski definition) is 3. The van der Waals surface area contributed by atoms with Crippen molar-refractivity contribution in [2.75, 3.05) is 10.6 Å². The number of aromatic nitrogens is 1. The molecule has 0 aliphatic rings. The highest BCUT2D eigenvalue weighted by molar-refractivity contribution is 8.00. The van der Waals surface area contributed by atoms with Gasteiger partial charge in [-0.3, -0.25) is 14.6 Å². The number of anilines is 2. The van der Waals surface area contributed by atoms with Crippen molar-refractivity contribution in [3.8, 4) is 0 Å². The number of rotatable bonds is 8. The Morgan fingerprint density at radius 3 is 2.14 bits per heavy atom. The Labute approximate surface area is 225 Å². The molecule has 1 unspecified atom stereocenters. The summed E-state index contributed by atoms with van der Waals surface area (Å²) in [5, 5.41) is 13.4. The number of nitrogens with zero attached hydrogens (tertiary/aromatic N) is 1. The molecule has 0 bridgehead atoms. The molecule has 3 rings (SSSR count). The summed E-state index contributed by atoms with van der Waals surface area (Å²) >= 11 is 25.5. The monoisotopic (exact) mass is 571 g/mol. The standard InChI is InChI=1S/C23H17Cl4N3O4S/c1-2-14(21(31)29-11-6-8-28-9-7-11)35-13-5-3-4-12(10-13)30-22(32)15-16(23(33)34)18(25)20(27)19(26)17(15)24/h3-10,14H,2H2,1H3,(H,30,32)(H,33,34)(H,28,29,31). The third-order valence-corrected chi connectivity index (χ3v) is 7.85. The fourth-order valence-electron chi connectivity index (χ4n) is 3.03. The molecule has 7 nitrogen and oxygen atoms in total. The Morgan fingerprint density at radius 1 is 0.914 bits per heavy atom. The van der Waals surface area contributed by atoms with Gasteiger partial charge in [-0.05, 0) is 36.8 Å². The third kappa shape index (κ3) is 6.39. The van der Waals surface area contributed by atoms with Crippen LogP contribution in [0.4, 0.5) is 11.4 Å². The van der Waals surface area contributed by atoms with E-state index in [9.17, 15) is 19.5 Å². The Bertz CT molecular complexity index is 1290. The van der Waals surface area contributed by atoms with Gasteiger partial charge >= 0.3 is 5.97 Å². The molecule has 182 valence electrons. The van der Waals surface area contributed by atoms with Crippen molar-refractivity contribution < 1.29 is 19.5 Å². The lowest BCUT2D eigenvalue weighted by Crippen LogP contribution is -2.24. The number of nitrogens with one attached hydrogen (secondary N) is 2. The zero-order chi connectivity index (χ0) is 25.7. The van der Waals surface area contributed by atoms with Crippen LogP contribution in [0, 0.1) is 0 Å². The normalized spacial score (nSPS) is 11.6. The second-order valence-electron chi connectivity index (χ2n) is 7.03. The van der Waals surface area contributed by atoms with Gasteiger partial charge in [-0.1, -0.05) is 59.4 Å². The zero-order valence-corrected chi connectivity index (χ0v) is 21.8. The van der Waals surface area contributed by atoms with Gasteiger partial charge in [-0.2, -0.15) is 0 Å². The van der Waals surface area contributed by atoms with E-state index in [4.69, 9.17) is 46.4 Å². The summed E-state index contributed by atoms with van der Waals surface area (Å²) in [5.41, 5.74) is 0.00294. The highest BCUT2D eigenvalue weighted by Crippen LogP contribution is 2.42. The number of benzene rings is 2. The Kier molecular flexibility index (Phi) is 9.27. The molecule has 35 heavy (non-hydrogen) atoms. The summed E-state index contributed by atoms with van der Waals surface area (Å²) in [7, 11) is 0. The van der Waals surface area contributed by atoms with Crippen molar-refractivity contribution in [1.82, 2.24) is 4.98 Å². The van der Waals surface area contributed by atoms with Crippen LogP contribution in [0.3, 0.4) is 0 Å².